The van der Waals surface area contributed by atoms with E-state index in [1.54, 1.807) is 4.44 Å². The Morgan fingerprint density at radius 3 is 2.67 bits per heavy atom. The van der Waals surface area contributed by atoms with Gasteiger partial charge in [0.25, 0.3) is 0 Å². The molecule has 3 heteroatoms. The molecular formula is C12H20N2Se. The molecule has 1 aromatic heterocycles. The molecule has 0 saturated carbocycles. The van der Waals surface area contributed by atoms with E-state index in [4.69, 9.17) is 4.98 Å². The topological polar surface area (TPSA) is 16.1 Å². The fourth-order valence-electron chi connectivity index (χ4n) is 2.09. The minimum atomic E-state index is 0.539. The molecule has 0 atom stereocenters. The zero-order valence-electron chi connectivity index (χ0n) is 9.75. The van der Waals surface area contributed by atoms with E-state index in [0.29, 0.717) is 14.5 Å². The molecule has 0 unspecified atom stereocenters. The fraction of sp³-hybridized carbons (Fsp3) is 0.750. The first-order chi connectivity index (χ1) is 7.31. The van der Waals surface area contributed by atoms with Crippen molar-refractivity contribution in [1.82, 2.24) is 4.98 Å². The van der Waals surface area contributed by atoms with Gasteiger partial charge in [-0.2, -0.15) is 0 Å². The minimum absolute atomic E-state index is 0.539. The van der Waals surface area contributed by atoms with E-state index >= 15 is 0 Å². The van der Waals surface area contributed by atoms with E-state index < -0.39 is 0 Å². The first-order valence-electron chi connectivity index (χ1n) is 6.02. The summed E-state index contributed by atoms with van der Waals surface area (Å²) in [6.45, 7) is 6.93. The molecule has 0 N–H and O–H groups in total. The molecule has 2 rings (SSSR count). The van der Waals surface area contributed by atoms with Crippen molar-refractivity contribution in [2.75, 3.05) is 18.0 Å². The zero-order valence-corrected chi connectivity index (χ0v) is 11.5. The van der Waals surface area contributed by atoms with E-state index in [1.807, 2.05) is 0 Å². The molecule has 1 aliphatic rings. The monoisotopic (exact) mass is 272 g/mol. The standard InChI is InChI=1S/C12H20N2Se/c1-3-7-11-10(2)13-12(15-11)14-8-5-4-6-9-14/h3-9H2,1-2H3. The Balaban J connectivity index is 2.10. The number of rotatable bonds is 3. The molecule has 1 aliphatic heterocycles. The van der Waals surface area contributed by atoms with Crippen molar-refractivity contribution in [1.29, 1.82) is 0 Å². The quantitative estimate of drug-likeness (QED) is 0.785. The van der Waals surface area contributed by atoms with E-state index in [-0.39, 0.29) is 0 Å². The van der Waals surface area contributed by atoms with Crippen LogP contribution in [0.15, 0.2) is 0 Å². The second-order valence-electron chi connectivity index (χ2n) is 4.30. The van der Waals surface area contributed by atoms with Gasteiger partial charge in [0.1, 0.15) is 0 Å². The number of hydrogen-bond donors (Lipinski definition) is 0. The summed E-state index contributed by atoms with van der Waals surface area (Å²) >= 11 is 0.539. The van der Waals surface area contributed by atoms with Gasteiger partial charge in [-0.25, -0.2) is 0 Å². The Hall–Kier alpha value is -0.271. The van der Waals surface area contributed by atoms with Gasteiger partial charge in [0.05, 0.1) is 0 Å². The Kier molecular flexibility index (Phi) is 3.87. The predicted molar refractivity (Wildman–Crippen MR) is 66.0 cm³/mol. The van der Waals surface area contributed by atoms with Gasteiger partial charge < -0.3 is 0 Å². The third kappa shape index (κ3) is 2.64. The van der Waals surface area contributed by atoms with Gasteiger partial charge in [-0.1, -0.05) is 0 Å². The molecule has 1 fully saturated rings. The number of aromatic nitrogens is 1. The van der Waals surface area contributed by atoms with Crippen LogP contribution in [0, 0.1) is 6.92 Å². The van der Waals surface area contributed by atoms with Crippen LogP contribution < -0.4 is 4.90 Å². The summed E-state index contributed by atoms with van der Waals surface area (Å²) in [6, 6.07) is 0. The normalized spacial score (nSPS) is 17.1. The van der Waals surface area contributed by atoms with Gasteiger partial charge in [0.15, 0.2) is 0 Å². The molecule has 15 heavy (non-hydrogen) atoms. The van der Waals surface area contributed by atoms with Gasteiger partial charge in [-0.15, -0.1) is 0 Å². The number of hydrogen-bond acceptors (Lipinski definition) is 2. The van der Waals surface area contributed by atoms with Crippen molar-refractivity contribution >= 4 is 19.2 Å². The molecule has 1 aromatic rings. The molecule has 0 amide bonds. The first kappa shape index (κ1) is 11.2. The molecule has 84 valence electrons. The van der Waals surface area contributed by atoms with Crippen molar-refractivity contribution < 1.29 is 0 Å². The van der Waals surface area contributed by atoms with Crippen LogP contribution in [0.3, 0.4) is 0 Å². The van der Waals surface area contributed by atoms with Crippen molar-refractivity contribution in [3.63, 3.8) is 0 Å². The summed E-state index contributed by atoms with van der Waals surface area (Å²) in [5.41, 5.74) is 1.32. The van der Waals surface area contributed by atoms with Crippen LogP contribution in [0.2, 0.25) is 0 Å². The van der Waals surface area contributed by atoms with Crippen LogP contribution in [0.5, 0.6) is 0 Å². The van der Waals surface area contributed by atoms with Gasteiger partial charge in [0.2, 0.25) is 0 Å². The molecule has 0 aliphatic carbocycles. The molecule has 2 heterocycles. The number of aryl methyl sites for hydroxylation is 2. The first-order valence-corrected chi connectivity index (χ1v) is 7.74. The second-order valence-corrected chi connectivity index (χ2v) is 6.53. The van der Waals surface area contributed by atoms with Crippen molar-refractivity contribution in [3.8, 4) is 0 Å². The number of piperidine rings is 1. The van der Waals surface area contributed by atoms with Crippen LogP contribution in [-0.4, -0.2) is 32.6 Å². The van der Waals surface area contributed by atoms with E-state index in [0.717, 1.165) is 0 Å². The molecule has 2 nitrogen and oxygen atoms in total. The molecular weight excluding hydrogens is 251 g/mol. The Morgan fingerprint density at radius 1 is 1.27 bits per heavy atom. The number of anilines is 1. The van der Waals surface area contributed by atoms with E-state index in [9.17, 15) is 0 Å². The third-order valence-electron chi connectivity index (χ3n) is 2.99. The van der Waals surface area contributed by atoms with Crippen molar-refractivity contribution in [2.45, 2.75) is 46.0 Å². The molecule has 1 saturated heterocycles. The average Bonchev–Trinajstić information content (AvgIpc) is 2.63. The Labute approximate surface area is 98.4 Å². The molecule has 0 spiro atoms. The summed E-state index contributed by atoms with van der Waals surface area (Å²) in [5.74, 6) is 0. The number of nitrogens with zero attached hydrogens (tertiary/aromatic N) is 2. The maximum absolute atomic E-state index is 4.76. The third-order valence-corrected chi connectivity index (χ3v) is 5.67. The Bertz CT molecular complexity index is 313. The molecule has 0 radical (unpaired) electrons. The summed E-state index contributed by atoms with van der Waals surface area (Å²) in [7, 11) is 0. The van der Waals surface area contributed by atoms with Crippen LogP contribution in [0.1, 0.15) is 42.7 Å². The fourth-order valence-corrected chi connectivity index (χ4v) is 4.64. The zero-order chi connectivity index (χ0) is 10.7. The molecule has 0 aromatic carbocycles. The van der Waals surface area contributed by atoms with Gasteiger partial charge >= 0.3 is 98.3 Å². The summed E-state index contributed by atoms with van der Waals surface area (Å²) in [5, 5.41) is 0. The van der Waals surface area contributed by atoms with Crippen LogP contribution in [-0.2, 0) is 6.42 Å². The van der Waals surface area contributed by atoms with Gasteiger partial charge in [-0.3, -0.25) is 0 Å². The Morgan fingerprint density at radius 2 is 2.00 bits per heavy atom. The van der Waals surface area contributed by atoms with Crippen LogP contribution in [0.25, 0.3) is 0 Å². The summed E-state index contributed by atoms with van der Waals surface area (Å²) in [6.07, 6.45) is 6.64. The van der Waals surface area contributed by atoms with Crippen molar-refractivity contribution in [3.05, 3.63) is 10.1 Å². The summed E-state index contributed by atoms with van der Waals surface area (Å²) in [4.78, 5) is 7.29. The van der Waals surface area contributed by atoms with Gasteiger partial charge in [-0.05, 0) is 0 Å². The van der Waals surface area contributed by atoms with Crippen LogP contribution in [0.4, 0.5) is 4.69 Å². The maximum atomic E-state index is 4.76. The SMILES string of the molecule is CCCc1[se]c(N2CCCCC2)nc1C. The van der Waals surface area contributed by atoms with E-state index in [1.165, 1.54) is 55.6 Å². The van der Waals surface area contributed by atoms with Crippen molar-refractivity contribution in [2.24, 2.45) is 0 Å². The average molecular weight is 271 g/mol. The van der Waals surface area contributed by atoms with Gasteiger partial charge in [0, 0.05) is 0 Å². The second kappa shape index (κ2) is 5.18. The summed E-state index contributed by atoms with van der Waals surface area (Å²) < 4.78 is 3.04. The van der Waals surface area contributed by atoms with E-state index in [2.05, 4.69) is 18.7 Å². The van der Waals surface area contributed by atoms with Crippen LogP contribution >= 0.6 is 0 Å². The molecule has 0 bridgehead atoms. The predicted octanol–water partition coefficient (Wildman–Crippen LogP) is 2.39.